The van der Waals surface area contributed by atoms with Crippen LogP contribution in [-0.2, 0) is 46.6 Å². The van der Waals surface area contributed by atoms with Crippen molar-refractivity contribution in [3.63, 3.8) is 0 Å². The fraction of sp³-hybridized carbons (Fsp3) is 0.500. The lowest BCUT2D eigenvalue weighted by atomic mass is 9.86. The highest BCUT2D eigenvalue weighted by molar-refractivity contribution is 6.04. The molecule has 0 aromatic heterocycles. The number of amides is 2. The summed E-state index contributed by atoms with van der Waals surface area (Å²) in [5, 5.41) is 1.50. The SMILES string of the molecule is COC(=O)[C@@]1(COCc2ccccc2)[C@H]2ON(C)[C@@H](COCc3ccc(OC)cc3)[C@H]2C(=O)N1C(=O)OC(C)(C)C. The van der Waals surface area contributed by atoms with Crippen molar-refractivity contribution in [1.29, 1.82) is 0 Å². The monoisotopic (exact) mass is 570 g/mol. The van der Waals surface area contributed by atoms with Crippen LogP contribution < -0.4 is 4.74 Å². The number of ether oxygens (including phenoxy) is 5. The fourth-order valence-corrected chi connectivity index (χ4v) is 5.18. The molecule has 11 heteroatoms. The van der Waals surface area contributed by atoms with Gasteiger partial charge in [0.1, 0.15) is 17.5 Å². The van der Waals surface area contributed by atoms with Gasteiger partial charge in [-0.3, -0.25) is 9.63 Å². The molecule has 2 heterocycles. The van der Waals surface area contributed by atoms with Crippen LogP contribution in [0.5, 0.6) is 5.75 Å². The van der Waals surface area contributed by atoms with Crippen LogP contribution in [0.15, 0.2) is 54.6 Å². The van der Waals surface area contributed by atoms with Gasteiger partial charge in [0, 0.05) is 7.05 Å². The zero-order valence-electron chi connectivity index (χ0n) is 24.3. The van der Waals surface area contributed by atoms with E-state index in [1.807, 2.05) is 54.6 Å². The number of likely N-dealkylation sites (tertiary alicyclic amines) is 1. The van der Waals surface area contributed by atoms with E-state index in [9.17, 15) is 14.4 Å². The summed E-state index contributed by atoms with van der Waals surface area (Å²) in [7, 11) is 4.45. The Kier molecular flexibility index (Phi) is 9.33. The summed E-state index contributed by atoms with van der Waals surface area (Å²) in [6, 6.07) is 16.2. The van der Waals surface area contributed by atoms with Crippen molar-refractivity contribution < 1.29 is 42.9 Å². The number of esters is 1. The Morgan fingerprint density at radius 1 is 0.951 bits per heavy atom. The number of nitrogens with zero attached hydrogens (tertiary/aromatic N) is 2. The smallest absolute Gasteiger partial charge is 0.418 e. The topological polar surface area (TPSA) is 113 Å². The van der Waals surface area contributed by atoms with Gasteiger partial charge in [-0.05, 0) is 44.0 Å². The third kappa shape index (κ3) is 6.38. The molecule has 2 aliphatic rings. The molecule has 41 heavy (non-hydrogen) atoms. The van der Waals surface area contributed by atoms with Gasteiger partial charge < -0.3 is 23.7 Å². The Morgan fingerprint density at radius 2 is 1.59 bits per heavy atom. The molecule has 2 aromatic rings. The molecular weight excluding hydrogens is 532 g/mol. The van der Waals surface area contributed by atoms with E-state index in [1.165, 1.54) is 12.2 Å². The molecule has 2 amide bonds. The normalized spacial score (nSPS) is 24.3. The maximum absolute atomic E-state index is 14.0. The second-order valence-corrected chi connectivity index (χ2v) is 11.1. The lowest BCUT2D eigenvalue weighted by Crippen LogP contribution is -2.64. The van der Waals surface area contributed by atoms with Crippen LogP contribution >= 0.6 is 0 Å². The van der Waals surface area contributed by atoms with Crippen LogP contribution in [0.1, 0.15) is 31.9 Å². The largest absolute Gasteiger partial charge is 0.497 e. The van der Waals surface area contributed by atoms with Crippen LogP contribution in [0.3, 0.4) is 0 Å². The van der Waals surface area contributed by atoms with E-state index in [-0.39, 0.29) is 26.4 Å². The van der Waals surface area contributed by atoms with E-state index in [0.29, 0.717) is 0 Å². The lowest BCUT2D eigenvalue weighted by Gasteiger charge is -2.38. The lowest BCUT2D eigenvalue weighted by molar-refractivity contribution is -0.202. The number of methoxy groups -OCH3 is 2. The molecule has 4 atom stereocenters. The van der Waals surface area contributed by atoms with E-state index >= 15 is 0 Å². The Hall–Kier alpha value is -3.51. The van der Waals surface area contributed by atoms with E-state index < -0.39 is 47.2 Å². The molecule has 2 fully saturated rings. The maximum Gasteiger partial charge on any atom is 0.418 e. The van der Waals surface area contributed by atoms with Crippen LogP contribution in [0.2, 0.25) is 0 Å². The second-order valence-electron chi connectivity index (χ2n) is 11.1. The number of hydrogen-bond donors (Lipinski definition) is 0. The number of hydroxylamine groups is 2. The number of benzene rings is 2. The van der Waals surface area contributed by atoms with Gasteiger partial charge in [0.15, 0.2) is 0 Å². The van der Waals surface area contributed by atoms with Crippen molar-refractivity contribution >= 4 is 18.0 Å². The third-order valence-electron chi connectivity index (χ3n) is 7.13. The van der Waals surface area contributed by atoms with Crippen LogP contribution in [0, 0.1) is 5.92 Å². The molecule has 0 radical (unpaired) electrons. The van der Waals surface area contributed by atoms with Gasteiger partial charge in [-0.15, -0.1) is 0 Å². The van der Waals surface area contributed by atoms with Crippen molar-refractivity contribution in [2.24, 2.45) is 5.92 Å². The Labute approximate surface area is 240 Å². The van der Waals surface area contributed by atoms with Crippen molar-refractivity contribution in [2.45, 2.75) is 57.3 Å². The highest BCUT2D eigenvalue weighted by atomic mass is 16.7. The minimum Gasteiger partial charge on any atom is -0.497 e. The van der Waals surface area contributed by atoms with E-state index in [4.69, 9.17) is 28.5 Å². The average molecular weight is 571 g/mol. The summed E-state index contributed by atoms with van der Waals surface area (Å²) in [5.41, 5.74) is -1.09. The summed E-state index contributed by atoms with van der Waals surface area (Å²) < 4.78 is 27.9. The van der Waals surface area contributed by atoms with Gasteiger partial charge in [0.05, 0.1) is 52.6 Å². The van der Waals surface area contributed by atoms with E-state index in [1.54, 1.807) is 34.9 Å². The number of carbonyl (C=O) groups is 3. The second kappa shape index (κ2) is 12.6. The van der Waals surface area contributed by atoms with Crippen molar-refractivity contribution in [3.8, 4) is 5.75 Å². The Balaban J connectivity index is 1.61. The van der Waals surface area contributed by atoms with Gasteiger partial charge in [0.25, 0.3) is 0 Å². The summed E-state index contributed by atoms with van der Waals surface area (Å²) in [6.45, 7) is 5.19. The van der Waals surface area contributed by atoms with Gasteiger partial charge in [-0.2, -0.15) is 5.06 Å². The molecule has 2 saturated heterocycles. The Bertz CT molecular complexity index is 1210. The van der Waals surface area contributed by atoms with Crippen molar-refractivity contribution in [2.75, 3.05) is 34.5 Å². The number of rotatable bonds is 10. The molecule has 11 nitrogen and oxygen atoms in total. The summed E-state index contributed by atoms with van der Waals surface area (Å²) in [6.07, 6.45) is -2.07. The third-order valence-corrected chi connectivity index (χ3v) is 7.13. The summed E-state index contributed by atoms with van der Waals surface area (Å²) >= 11 is 0. The minimum atomic E-state index is -1.92. The highest BCUT2D eigenvalue weighted by Crippen LogP contribution is 2.46. The molecule has 0 bridgehead atoms. The maximum atomic E-state index is 14.0. The quantitative estimate of drug-likeness (QED) is 0.394. The van der Waals surface area contributed by atoms with Crippen LogP contribution in [0.4, 0.5) is 4.79 Å². The summed E-state index contributed by atoms with van der Waals surface area (Å²) in [5.74, 6) is -1.67. The average Bonchev–Trinajstić information content (AvgIpc) is 3.39. The van der Waals surface area contributed by atoms with Gasteiger partial charge >= 0.3 is 12.1 Å². The zero-order valence-corrected chi connectivity index (χ0v) is 24.3. The fourth-order valence-electron chi connectivity index (χ4n) is 5.18. The predicted molar refractivity (Wildman–Crippen MR) is 146 cm³/mol. The molecule has 0 saturated carbocycles. The number of fused-ring (bicyclic) bond motifs is 1. The first-order valence-corrected chi connectivity index (χ1v) is 13.4. The molecular formula is C30H38N2O9. The molecule has 0 aliphatic carbocycles. The van der Waals surface area contributed by atoms with Gasteiger partial charge in [0.2, 0.25) is 11.4 Å². The first-order valence-electron chi connectivity index (χ1n) is 13.4. The van der Waals surface area contributed by atoms with E-state index in [2.05, 4.69) is 0 Å². The predicted octanol–water partition coefficient (Wildman–Crippen LogP) is 3.35. The first kappa shape index (κ1) is 30.4. The van der Waals surface area contributed by atoms with Crippen LogP contribution in [0.25, 0.3) is 0 Å². The molecule has 222 valence electrons. The standard InChI is InChI=1S/C30H38N2O9/c1-29(2,3)40-28(35)32-26(33)24-23(18-38-16-21-12-14-22(36-5)15-13-21)31(4)41-25(24)30(32,27(34)37-6)19-39-17-20-10-8-7-9-11-20/h7-15,23-25H,16-19H2,1-6H3/t23-,24+,25-,30+/m0/s1. The summed E-state index contributed by atoms with van der Waals surface area (Å²) in [4.78, 5) is 48.1. The highest BCUT2D eigenvalue weighted by Gasteiger charge is 2.72. The van der Waals surface area contributed by atoms with E-state index in [0.717, 1.165) is 21.8 Å². The molecule has 0 N–H and O–H groups in total. The molecule has 0 unspecified atom stereocenters. The minimum absolute atomic E-state index is 0.0969. The van der Waals surface area contributed by atoms with Gasteiger partial charge in [-0.25, -0.2) is 14.5 Å². The van der Waals surface area contributed by atoms with Crippen molar-refractivity contribution in [1.82, 2.24) is 9.96 Å². The molecule has 2 aromatic carbocycles. The molecule has 2 aliphatic heterocycles. The number of carbonyl (C=O) groups excluding carboxylic acids is 3. The zero-order chi connectivity index (χ0) is 29.8. The number of hydrogen-bond acceptors (Lipinski definition) is 10. The number of imide groups is 1. The van der Waals surface area contributed by atoms with Gasteiger partial charge in [-0.1, -0.05) is 42.5 Å². The molecule has 0 spiro atoms. The van der Waals surface area contributed by atoms with Crippen LogP contribution in [-0.4, -0.2) is 85.7 Å². The number of likely N-dealkylation sites (N-methyl/N-ethyl adjacent to an activating group) is 1. The first-order chi connectivity index (χ1) is 19.5. The Morgan fingerprint density at radius 3 is 2.20 bits per heavy atom. The molecule has 4 rings (SSSR count). The van der Waals surface area contributed by atoms with Crippen molar-refractivity contribution in [3.05, 3.63) is 65.7 Å².